The maximum absolute atomic E-state index is 12.4. The predicted molar refractivity (Wildman–Crippen MR) is 330 cm³/mol. The summed E-state index contributed by atoms with van der Waals surface area (Å²) >= 11 is 0. The Labute approximate surface area is 471 Å². The molecule has 0 amide bonds. The summed E-state index contributed by atoms with van der Waals surface area (Å²) in [5.74, 6) is -0.559. The van der Waals surface area contributed by atoms with Gasteiger partial charge in [-0.05, 0) is 12.8 Å². The summed E-state index contributed by atoms with van der Waals surface area (Å²) in [6.07, 6.45) is 84.4. The highest BCUT2D eigenvalue weighted by atomic mass is 16.6. The largest absolute Gasteiger partial charge is 0.462 e. The molecule has 0 heterocycles. The maximum atomic E-state index is 12.4. The first-order chi connectivity index (χ1) is 37.1. The van der Waals surface area contributed by atoms with Crippen molar-refractivity contribution < 1.29 is 24.2 Å². The van der Waals surface area contributed by atoms with Crippen LogP contribution in [0.1, 0.15) is 418 Å². The van der Waals surface area contributed by atoms with Crippen LogP contribution in [0.4, 0.5) is 0 Å². The van der Waals surface area contributed by atoms with Crippen LogP contribution in [0.2, 0.25) is 0 Å². The third-order valence-corrected chi connectivity index (χ3v) is 16.7. The smallest absolute Gasteiger partial charge is 0.306 e. The van der Waals surface area contributed by atoms with Crippen LogP contribution < -0.4 is 0 Å². The van der Waals surface area contributed by atoms with Gasteiger partial charge < -0.3 is 14.6 Å². The van der Waals surface area contributed by atoms with Crippen molar-refractivity contribution in [1.29, 1.82) is 0 Å². The Kier molecular flexibility index (Phi) is 66.2. The van der Waals surface area contributed by atoms with Crippen LogP contribution in [0.5, 0.6) is 0 Å². The molecule has 0 radical (unpaired) electrons. The number of carbonyl (C=O) groups excluding carboxylic acids is 2. The minimum Gasteiger partial charge on any atom is -0.462 e. The van der Waals surface area contributed by atoms with E-state index in [1.165, 1.54) is 360 Å². The molecule has 0 aromatic heterocycles. The van der Waals surface area contributed by atoms with E-state index in [4.69, 9.17) is 9.47 Å². The number of carbonyl (C=O) groups is 2. The molecule has 1 N–H and O–H groups in total. The second kappa shape index (κ2) is 67.2. The van der Waals surface area contributed by atoms with Crippen molar-refractivity contribution >= 4 is 11.9 Å². The number of unbranched alkanes of at least 4 members (excludes halogenated alkanes) is 59. The highest BCUT2D eigenvalue weighted by Crippen LogP contribution is 2.20. The molecule has 0 spiro atoms. The molecule has 0 aliphatic heterocycles. The first-order valence-electron chi connectivity index (χ1n) is 35.1. The van der Waals surface area contributed by atoms with E-state index in [1.54, 1.807) is 0 Å². The fraction of sp³-hybridized carbons (Fsp3) is 0.971. The summed E-state index contributed by atoms with van der Waals surface area (Å²) < 4.78 is 10.8. The first kappa shape index (κ1) is 73.9. The third-order valence-electron chi connectivity index (χ3n) is 16.7. The lowest BCUT2D eigenvalue weighted by Crippen LogP contribution is -2.28. The molecule has 0 saturated heterocycles. The average Bonchev–Trinajstić information content (AvgIpc) is 3.41. The molecule has 1 atom stereocenters. The van der Waals surface area contributed by atoms with Gasteiger partial charge in [-0.2, -0.15) is 0 Å². The van der Waals surface area contributed by atoms with E-state index in [0.717, 1.165) is 32.1 Å². The summed E-state index contributed by atoms with van der Waals surface area (Å²) in [6.45, 7) is 4.22. The molecule has 5 heteroatoms. The summed E-state index contributed by atoms with van der Waals surface area (Å²) in [4.78, 5) is 24.6. The Balaban J connectivity index is 3.33. The normalized spacial score (nSPS) is 12.0. The van der Waals surface area contributed by atoms with Gasteiger partial charge in [0.05, 0.1) is 6.61 Å². The van der Waals surface area contributed by atoms with Gasteiger partial charge >= 0.3 is 11.9 Å². The molecule has 448 valence electrons. The number of hydrogen-bond donors (Lipinski definition) is 1. The lowest BCUT2D eigenvalue weighted by molar-refractivity contribution is -0.161. The molecule has 0 bridgehead atoms. The standard InChI is InChI=1S/C70H138O5/c1-3-5-7-9-11-13-15-17-19-21-23-25-27-28-29-30-31-32-33-34-35-36-37-38-39-40-41-43-45-47-49-51-53-55-57-59-61-63-65-70(73)75-68(66-71)67-74-69(72)64-62-60-58-56-54-52-50-48-46-44-42-26-24-22-20-18-16-14-12-10-8-6-4-2/h68,71H,3-67H2,1-2H3. The van der Waals surface area contributed by atoms with Gasteiger partial charge in [-0.3, -0.25) is 9.59 Å². The SMILES string of the molecule is CCCCCCCCCCCCCCCCCCCCCCCCCCCCCCCCCCCCCCCCC(=O)OC(CO)COC(=O)CCCCCCCCCCCCCCCCCCCCCCCCC. The van der Waals surface area contributed by atoms with Crippen molar-refractivity contribution in [2.45, 2.75) is 424 Å². The molecule has 75 heavy (non-hydrogen) atoms. The fourth-order valence-electron chi connectivity index (χ4n) is 11.4. The van der Waals surface area contributed by atoms with Gasteiger partial charge in [-0.15, -0.1) is 0 Å². The van der Waals surface area contributed by atoms with E-state index >= 15 is 0 Å². The number of aliphatic hydroxyl groups is 1. The molecule has 0 rings (SSSR count). The van der Waals surface area contributed by atoms with Crippen molar-refractivity contribution in [2.24, 2.45) is 0 Å². The Morgan fingerprint density at radius 2 is 0.413 bits per heavy atom. The Bertz CT molecular complexity index is 1060. The number of rotatable bonds is 67. The van der Waals surface area contributed by atoms with Gasteiger partial charge in [0.25, 0.3) is 0 Å². The molecular weight excluding hydrogens is 921 g/mol. The molecular formula is C70H138O5. The van der Waals surface area contributed by atoms with Crippen LogP contribution in [0, 0.1) is 0 Å². The van der Waals surface area contributed by atoms with Gasteiger partial charge in [-0.1, -0.05) is 393 Å². The Morgan fingerprint density at radius 1 is 0.253 bits per heavy atom. The summed E-state index contributed by atoms with van der Waals surface area (Å²) in [6, 6.07) is 0. The lowest BCUT2D eigenvalue weighted by atomic mass is 10.0. The zero-order valence-electron chi connectivity index (χ0n) is 51.6. The van der Waals surface area contributed by atoms with E-state index in [0.29, 0.717) is 12.8 Å². The second-order valence-electron chi connectivity index (χ2n) is 24.3. The Hall–Kier alpha value is -1.10. The maximum Gasteiger partial charge on any atom is 0.306 e. The van der Waals surface area contributed by atoms with E-state index in [1.807, 2.05) is 0 Å². The van der Waals surface area contributed by atoms with Crippen LogP contribution in [-0.4, -0.2) is 36.4 Å². The minimum absolute atomic E-state index is 0.0554. The van der Waals surface area contributed by atoms with Crippen molar-refractivity contribution in [1.82, 2.24) is 0 Å². The molecule has 0 aromatic carbocycles. The van der Waals surface area contributed by atoms with E-state index in [2.05, 4.69) is 13.8 Å². The van der Waals surface area contributed by atoms with Crippen molar-refractivity contribution in [2.75, 3.05) is 13.2 Å². The summed E-state index contributed by atoms with van der Waals surface area (Å²) in [5, 5.41) is 9.69. The van der Waals surface area contributed by atoms with E-state index < -0.39 is 6.10 Å². The summed E-state index contributed by atoms with van der Waals surface area (Å²) in [7, 11) is 0. The van der Waals surface area contributed by atoms with Gasteiger partial charge in [0.2, 0.25) is 0 Å². The monoisotopic (exact) mass is 1060 g/mol. The molecule has 0 fully saturated rings. The highest BCUT2D eigenvalue weighted by molar-refractivity contribution is 5.70. The highest BCUT2D eigenvalue weighted by Gasteiger charge is 2.16. The van der Waals surface area contributed by atoms with E-state index in [9.17, 15) is 14.7 Å². The predicted octanol–water partition coefficient (Wildman–Crippen LogP) is 24.0. The van der Waals surface area contributed by atoms with Crippen LogP contribution >= 0.6 is 0 Å². The van der Waals surface area contributed by atoms with Crippen molar-refractivity contribution in [3.05, 3.63) is 0 Å². The van der Waals surface area contributed by atoms with Gasteiger partial charge in [0.1, 0.15) is 6.61 Å². The number of aliphatic hydroxyl groups excluding tert-OH is 1. The number of hydrogen-bond acceptors (Lipinski definition) is 5. The second-order valence-corrected chi connectivity index (χ2v) is 24.3. The molecule has 1 unspecified atom stereocenters. The van der Waals surface area contributed by atoms with Crippen LogP contribution in [0.25, 0.3) is 0 Å². The molecule has 0 saturated carbocycles. The lowest BCUT2D eigenvalue weighted by Gasteiger charge is -2.15. The van der Waals surface area contributed by atoms with Gasteiger partial charge in [0, 0.05) is 12.8 Å². The molecule has 5 nitrogen and oxygen atoms in total. The molecule has 0 aliphatic rings. The van der Waals surface area contributed by atoms with Crippen LogP contribution in [0.3, 0.4) is 0 Å². The van der Waals surface area contributed by atoms with Gasteiger partial charge in [-0.25, -0.2) is 0 Å². The molecule has 0 aliphatic carbocycles. The van der Waals surface area contributed by atoms with E-state index in [-0.39, 0.29) is 25.2 Å². The Morgan fingerprint density at radius 3 is 0.587 bits per heavy atom. The zero-order chi connectivity index (χ0) is 54.1. The number of ether oxygens (including phenoxy) is 2. The quantitative estimate of drug-likeness (QED) is 0.0485. The van der Waals surface area contributed by atoms with Crippen molar-refractivity contribution in [3.63, 3.8) is 0 Å². The fourth-order valence-corrected chi connectivity index (χ4v) is 11.4. The molecule has 0 aromatic rings. The number of esters is 2. The van der Waals surface area contributed by atoms with Crippen LogP contribution in [-0.2, 0) is 19.1 Å². The van der Waals surface area contributed by atoms with Crippen LogP contribution in [0.15, 0.2) is 0 Å². The zero-order valence-corrected chi connectivity index (χ0v) is 51.6. The minimum atomic E-state index is -0.765. The first-order valence-corrected chi connectivity index (χ1v) is 35.1. The van der Waals surface area contributed by atoms with Gasteiger partial charge in [0.15, 0.2) is 6.10 Å². The summed E-state index contributed by atoms with van der Waals surface area (Å²) in [5.41, 5.74) is 0. The third kappa shape index (κ3) is 65.3. The average molecular weight is 1060 g/mol. The van der Waals surface area contributed by atoms with Crippen molar-refractivity contribution in [3.8, 4) is 0 Å². The topological polar surface area (TPSA) is 72.8 Å².